The number of carbonyl (C=O) groups excluding carboxylic acids is 1. The highest BCUT2D eigenvalue weighted by atomic mass is 16.5. The molecule has 0 spiro atoms. The SMILES string of the molecule is Cc1ccc(C(C)C)c(O[C@@H](C)C(=O)N2CCN(C/C=C/c3ccccc3)CC2)c1. The minimum Gasteiger partial charge on any atom is -0.481 e. The molecule has 4 nitrogen and oxygen atoms in total. The van der Waals surface area contributed by atoms with E-state index in [0.717, 1.165) is 49.6 Å². The molecule has 0 N–H and O–H groups in total. The summed E-state index contributed by atoms with van der Waals surface area (Å²) in [5, 5.41) is 0. The Morgan fingerprint density at radius 1 is 1.03 bits per heavy atom. The Balaban J connectivity index is 1.50. The van der Waals surface area contributed by atoms with Gasteiger partial charge >= 0.3 is 0 Å². The van der Waals surface area contributed by atoms with Crippen LogP contribution in [0.1, 0.15) is 43.4 Å². The van der Waals surface area contributed by atoms with Crippen LogP contribution in [0.4, 0.5) is 0 Å². The monoisotopic (exact) mass is 406 g/mol. The van der Waals surface area contributed by atoms with Crippen LogP contribution in [-0.2, 0) is 4.79 Å². The summed E-state index contributed by atoms with van der Waals surface area (Å²) in [6, 6.07) is 16.6. The van der Waals surface area contributed by atoms with Crippen LogP contribution in [-0.4, -0.2) is 54.5 Å². The Labute approximate surface area is 181 Å². The van der Waals surface area contributed by atoms with Crippen LogP contribution in [0, 0.1) is 6.92 Å². The fourth-order valence-corrected chi connectivity index (χ4v) is 3.77. The van der Waals surface area contributed by atoms with Crippen LogP contribution in [0.25, 0.3) is 6.08 Å². The van der Waals surface area contributed by atoms with Gasteiger partial charge < -0.3 is 9.64 Å². The van der Waals surface area contributed by atoms with Gasteiger partial charge in [0.2, 0.25) is 0 Å². The highest BCUT2D eigenvalue weighted by Gasteiger charge is 2.26. The summed E-state index contributed by atoms with van der Waals surface area (Å²) in [5.41, 5.74) is 3.51. The van der Waals surface area contributed by atoms with E-state index in [2.05, 4.69) is 62.1 Å². The molecule has 160 valence electrons. The molecule has 0 aliphatic carbocycles. The molecule has 0 aromatic heterocycles. The molecule has 1 fully saturated rings. The van der Waals surface area contributed by atoms with Gasteiger partial charge in [-0.25, -0.2) is 0 Å². The van der Waals surface area contributed by atoms with Gasteiger partial charge in [0.1, 0.15) is 5.75 Å². The number of piperazine rings is 1. The van der Waals surface area contributed by atoms with Crippen molar-refractivity contribution in [2.75, 3.05) is 32.7 Å². The summed E-state index contributed by atoms with van der Waals surface area (Å²) in [7, 11) is 0. The zero-order chi connectivity index (χ0) is 21.5. The van der Waals surface area contributed by atoms with Gasteiger partial charge in [-0.2, -0.15) is 0 Å². The second kappa shape index (κ2) is 10.4. The van der Waals surface area contributed by atoms with Gasteiger partial charge in [-0.3, -0.25) is 9.69 Å². The van der Waals surface area contributed by atoms with E-state index in [1.54, 1.807) is 0 Å². The van der Waals surface area contributed by atoms with E-state index < -0.39 is 6.10 Å². The van der Waals surface area contributed by atoms with Crippen LogP contribution in [0.5, 0.6) is 5.75 Å². The largest absolute Gasteiger partial charge is 0.481 e. The molecule has 30 heavy (non-hydrogen) atoms. The third-order valence-electron chi connectivity index (χ3n) is 5.60. The first kappa shape index (κ1) is 22.1. The molecule has 1 amide bonds. The van der Waals surface area contributed by atoms with Crippen LogP contribution < -0.4 is 4.74 Å². The van der Waals surface area contributed by atoms with Crippen LogP contribution in [0.15, 0.2) is 54.6 Å². The van der Waals surface area contributed by atoms with E-state index in [4.69, 9.17) is 4.74 Å². The number of carbonyl (C=O) groups is 1. The van der Waals surface area contributed by atoms with E-state index in [9.17, 15) is 4.79 Å². The Morgan fingerprint density at radius 2 is 1.73 bits per heavy atom. The van der Waals surface area contributed by atoms with E-state index in [0.29, 0.717) is 5.92 Å². The van der Waals surface area contributed by atoms with Crippen LogP contribution >= 0.6 is 0 Å². The van der Waals surface area contributed by atoms with Crippen molar-refractivity contribution < 1.29 is 9.53 Å². The summed E-state index contributed by atoms with van der Waals surface area (Å²) < 4.78 is 6.13. The second-order valence-corrected chi connectivity index (χ2v) is 8.40. The lowest BCUT2D eigenvalue weighted by Gasteiger charge is -2.35. The Hall–Kier alpha value is -2.59. The quantitative estimate of drug-likeness (QED) is 0.666. The molecule has 1 saturated heterocycles. The van der Waals surface area contributed by atoms with Gasteiger partial charge in [0.05, 0.1) is 0 Å². The lowest BCUT2D eigenvalue weighted by molar-refractivity contribution is -0.139. The average molecular weight is 407 g/mol. The zero-order valence-corrected chi connectivity index (χ0v) is 18.7. The molecule has 0 bridgehead atoms. The molecule has 0 radical (unpaired) electrons. The minimum absolute atomic E-state index is 0.0747. The molecule has 1 heterocycles. The highest BCUT2D eigenvalue weighted by molar-refractivity contribution is 5.81. The van der Waals surface area contributed by atoms with Crippen molar-refractivity contribution in [1.82, 2.24) is 9.80 Å². The summed E-state index contributed by atoms with van der Waals surface area (Å²) in [6.45, 7) is 12.4. The topological polar surface area (TPSA) is 32.8 Å². The van der Waals surface area contributed by atoms with Gasteiger partial charge in [0.25, 0.3) is 5.91 Å². The van der Waals surface area contributed by atoms with Gasteiger partial charge in [0.15, 0.2) is 6.10 Å². The van der Waals surface area contributed by atoms with Crippen molar-refractivity contribution in [2.45, 2.75) is 39.7 Å². The standard InChI is InChI=1S/C26H34N2O2/c1-20(2)24-13-12-21(3)19-25(24)30-22(4)26(29)28-17-15-27(16-18-28)14-8-11-23-9-6-5-7-10-23/h5-13,19-20,22H,14-18H2,1-4H3/b11-8+/t22-/m0/s1. The van der Waals surface area contributed by atoms with Crippen molar-refractivity contribution in [3.8, 4) is 5.75 Å². The van der Waals surface area contributed by atoms with E-state index >= 15 is 0 Å². The highest BCUT2D eigenvalue weighted by Crippen LogP contribution is 2.28. The van der Waals surface area contributed by atoms with Crippen molar-refractivity contribution in [1.29, 1.82) is 0 Å². The number of hydrogen-bond donors (Lipinski definition) is 0. The summed E-state index contributed by atoms with van der Waals surface area (Å²) in [5.74, 6) is 1.26. The Kier molecular flexibility index (Phi) is 7.69. The van der Waals surface area contributed by atoms with E-state index in [1.807, 2.05) is 36.1 Å². The van der Waals surface area contributed by atoms with E-state index in [-0.39, 0.29) is 5.91 Å². The predicted octanol–water partition coefficient (Wildman–Crippen LogP) is 4.74. The first-order chi connectivity index (χ1) is 14.4. The molecule has 2 aromatic rings. The number of nitrogens with zero attached hydrogens (tertiary/aromatic N) is 2. The third-order valence-corrected chi connectivity index (χ3v) is 5.60. The normalized spacial score (nSPS) is 16.2. The van der Waals surface area contributed by atoms with Crippen molar-refractivity contribution >= 4 is 12.0 Å². The first-order valence-electron chi connectivity index (χ1n) is 10.9. The molecule has 0 unspecified atom stereocenters. The predicted molar refractivity (Wildman–Crippen MR) is 124 cm³/mol. The molecule has 1 atom stereocenters. The van der Waals surface area contributed by atoms with Gasteiger partial charge in [-0.1, -0.05) is 68.5 Å². The van der Waals surface area contributed by atoms with Crippen LogP contribution in [0.3, 0.4) is 0 Å². The van der Waals surface area contributed by atoms with Gasteiger partial charge in [0, 0.05) is 32.7 Å². The maximum absolute atomic E-state index is 12.9. The molecule has 1 aliphatic rings. The maximum atomic E-state index is 12.9. The number of aryl methyl sites for hydroxylation is 1. The molecule has 3 rings (SSSR count). The first-order valence-corrected chi connectivity index (χ1v) is 10.9. The summed E-state index contributed by atoms with van der Waals surface area (Å²) in [4.78, 5) is 17.3. The van der Waals surface area contributed by atoms with Crippen LogP contribution in [0.2, 0.25) is 0 Å². The number of ether oxygens (including phenoxy) is 1. The Morgan fingerprint density at radius 3 is 2.40 bits per heavy atom. The minimum atomic E-state index is -0.478. The van der Waals surface area contributed by atoms with E-state index in [1.165, 1.54) is 5.56 Å². The lowest BCUT2D eigenvalue weighted by atomic mass is 10.0. The zero-order valence-electron chi connectivity index (χ0n) is 18.7. The van der Waals surface area contributed by atoms with Crippen molar-refractivity contribution in [3.05, 3.63) is 71.3 Å². The molecule has 0 saturated carbocycles. The number of rotatable bonds is 7. The smallest absolute Gasteiger partial charge is 0.263 e. The number of amides is 1. The number of benzene rings is 2. The van der Waals surface area contributed by atoms with Crippen molar-refractivity contribution in [3.63, 3.8) is 0 Å². The number of hydrogen-bond acceptors (Lipinski definition) is 3. The van der Waals surface area contributed by atoms with Crippen molar-refractivity contribution in [2.24, 2.45) is 0 Å². The lowest BCUT2D eigenvalue weighted by Crippen LogP contribution is -2.51. The third kappa shape index (κ3) is 5.96. The van der Waals surface area contributed by atoms with Gasteiger partial charge in [-0.05, 0) is 42.5 Å². The molecule has 4 heteroatoms. The second-order valence-electron chi connectivity index (χ2n) is 8.40. The summed E-state index contributed by atoms with van der Waals surface area (Å²) in [6.07, 6.45) is 3.87. The fraction of sp³-hybridized carbons (Fsp3) is 0.423. The molecule has 1 aliphatic heterocycles. The fourth-order valence-electron chi connectivity index (χ4n) is 3.77. The Bertz CT molecular complexity index is 853. The molecule has 2 aromatic carbocycles. The molecular weight excluding hydrogens is 372 g/mol. The summed E-state index contributed by atoms with van der Waals surface area (Å²) >= 11 is 0. The maximum Gasteiger partial charge on any atom is 0.263 e. The molecular formula is C26H34N2O2. The van der Waals surface area contributed by atoms with Gasteiger partial charge in [-0.15, -0.1) is 0 Å². The average Bonchev–Trinajstić information content (AvgIpc) is 2.74.